The highest BCUT2D eigenvalue weighted by Gasteiger charge is 2.26. The first-order chi connectivity index (χ1) is 14.6. The van der Waals surface area contributed by atoms with Crippen molar-refractivity contribution in [2.75, 3.05) is 6.54 Å². The second-order valence-electron chi connectivity index (χ2n) is 8.52. The Morgan fingerprint density at radius 3 is 2.23 bits per heavy atom. The average molecular weight is 430 g/mol. The number of esters is 2. The van der Waals surface area contributed by atoms with E-state index in [4.69, 9.17) is 9.47 Å². The monoisotopic (exact) mass is 429 g/mol. The van der Waals surface area contributed by atoms with Crippen molar-refractivity contribution in [2.24, 2.45) is 11.8 Å². The van der Waals surface area contributed by atoms with E-state index in [9.17, 15) is 14.4 Å². The van der Waals surface area contributed by atoms with Crippen molar-refractivity contribution in [3.8, 4) is 0 Å². The molecule has 0 aliphatic rings. The molecule has 0 saturated carbocycles. The van der Waals surface area contributed by atoms with Gasteiger partial charge in [0.25, 0.3) is 0 Å². The summed E-state index contributed by atoms with van der Waals surface area (Å²) in [7, 11) is 0. The zero-order chi connectivity index (χ0) is 23.4. The molecule has 0 saturated heterocycles. The summed E-state index contributed by atoms with van der Waals surface area (Å²) in [5.41, 5.74) is 0.149. The van der Waals surface area contributed by atoms with Gasteiger partial charge in [-0.25, -0.2) is 0 Å². The zero-order valence-electron chi connectivity index (χ0n) is 19.1. The van der Waals surface area contributed by atoms with Crippen LogP contribution >= 0.6 is 0 Å². The molecule has 0 aliphatic carbocycles. The van der Waals surface area contributed by atoms with Crippen LogP contribution in [0.2, 0.25) is 0 Å². The molecule has 0 fully saturated rings. The molecule has 6 heteroatoms. The van der Waals surface area contributed by atoms with E-state index in [2.05, 4.69) is 18.5 Å². The summed E-state index contributed by atoms with van der Waals surface area (Å²) < 4.78 is 11.0. The number of amides is 1. The number of nitrogens with one attached hydrogen (secondary N) is 1. The van der Waals surface area contributed by atoms with E-state index in [-0.39, 0.29) is 30.8 Å². The fraction of sp³-hybridized carbons (Fsp3) is 0.480. The maximum absolute atomic E-state index is 12.8. The van der Waals surface area contributed by atoms with Crippen molar-refractivity contribution in [3.63, 3.8) is 0 Å². The van der Waals surface area contributed by atoms with E-state index in [1.807, 2.05) is 30.3 Å². The molecule has 0 radical (unpaired) electrons. The Balaban J connectivity index is 2.84. The van der Waals surface area contributed by atoms with Crippen LogP contribution in [0.5, 0.6) is 0 Å². The lowest BCUT2D eigenvalue weighted by Gasteiger charge is -2.23. The van der Waals surface area contributed by atoms with Crippen LogP contribution in [0.4, 0.5) is 0 Å². The Labute approximate surface area is 185 Å². The fourth-order valence-corrected chi connectivity index (χ4v) is 2.90. The van der Waals surface area contributed by atoms with Gasteiger partial charge >= 0.3 is 11.9 Å². The van der Waals surface area contributed by atoms with Crippen LogP contribution in [-0.2, 0) is 23.9 Å². The van der Waals surface area contributed by atoms with Crippen molar-refractivity contribution in [1.82, 2.24) is 5.32 Å². The summed E-state index contributed by atoms with van der Waals surface area (Å²) >= 11 is 0. The Hall–Kier alpha value is -2.89. The third-order valence-corrected chi connectivity index (χ3v) is 4.47. The smallest absolute Gasteiger partial charge is 0.309 e. The van der Waals surface area contributed by atoms with Crippen molar-refractivity contribution in [1.29, 1.82) is 0 Å². The summed E-state index contributed by atoms with van der Waals surface area (Å²) in [6.45, 7) is 14.5. The van der Waals surface area contributed by atoms with Crippen molar-refractivity contribution >= 4 is 17.8 Å². The molecule has 1 unspecified atom stereocenters. The highest BCUT2D eigenvalue weighted by atomic mass is 16.6. The fourth-order valence-electron chi connectivity index (χ4n) is 2.90. The van der Waals surface area contributed by atoms with E-state index in [1.54, 1.807) is 39.8 Å². The first-order valence-electron chi connectivity index (χ1n) is 10.5. The molecule has 31 heavy (non-hydrogen) atoms. The van der Waals surface area contributed by atoms with Gasteiger partial charge < -0.3 is 14.8 Å². The van der Waals surface area contributed by atoms with Gasteiger partial charge in [-0.2, -0.15) is 0 Å². The van der Waals surface area contributed by atoms with Gasteiger partial charge in [0.2, 0.25) is 5.91 Å². The summed E-state index contributed by atoms with van der Waals surface area (Å²) in [5, 5.41) is 2.82. The molecule has 1 aromatic rings. The third kappa shape index (κ3) is 10.1. The Morgan fingerprint density at radius 2 is 1.68 bits per heavy atom. The largest absolute Gasteiger partial charge is 0.460 e. The molecule has 3 atom stereocenters. The normalized spacial score (nSPS) is 13.9. The van der Waals surface area contributed by atoms with Crippen LogP contribution < -0.4 is 5.32 Å². The molecule has 170 valence electrons. The highest BCUT2D eigenvalue weighted by molar-refractivity contribution is 5.84. The molecule has 1 aromatic carbocycles. The van der Waals surface area contributed by atoms with Gasteiger partial charge in [0.15, 0.2) is 0 Å². The number of benzene rings is 1. The van der Waals surface area contributed by atoms with Gasteiger partial charge in [0.05, 0.1) is 24.8 Å². The van der Waals surface area contributed by atoms with Crippen LogP contribution in [0.15, 0.2) is 55.6 Å². The molecular weight excluding hydrogens is 394 g/mol. The molecule has 1 amide bonds. The van der Waals surface area contributed by atoms with Gasteiger partial charge in [-0.15, -0.1) is 13.2 Å². The van der Waals surface area contributed by atoms with Gasteiger partial charge in [0, 0.05) is 0 Å². The predicted molar refractivity (Wildman–Crippen MR) is 121 cm³/mol. The van der Waals surface area contributed by atoms with Crippen LogP contribution in [-0.4, -0.2) is 30.0 Å². The Bertz CT molecular complexity index is 751. The van der Waals surface area contributed by atoms with E-state index < -0.39 is 23.6 Å². The molecule has 0 aliphatic heterocycles. The van der Waals surface area contributed by atoms with Crippen molar-refractivity contribution in [3.05, 3.63) is 61.2 Å². The van der Waals surface area contributed by atoms with E-state index >= 15 is 0 Å². The summed E-state index contributed by atoms with van der Waals surface area (Å²) in [6.07, 6.45) is 3.40. The predicted octanol–water partition coefficient (Wildman–Crippen LogP) is 4.52. The minimum absolute atomic E-state index is 0.0543. The highest BCUT2D eigenvalue weighted by Crippen LogP contribution is 2.20. The molecule has 1 N–H and O–H groups in total. The number of ether oxygens (including phenoxy) is 2. The topological polar surface area (TPSA) is 81.7 Å². The maximum Gasteiger partial charge on any atom is 0.309 e. The van der Waals surface area contributed by atoms with E-state index in [0.717, 1.165) is 5.56 Å². The minimum Gasteiger partial charge on any atom is -0.460 e. The number of hydrogen-bond acceptors (Lipinski definition) is 5. The van der Waals surface area contributed by atoms with Crippen LogP contribution in [0.3, 0.4) is 0 Å². The molecular formula is C25H35NO5. The summed E-state index contributed by atoms with van der Waals surface area (Å²) in [6, 6.07) is 9.22. The Kier molecular flexibility index (Phi) is 10.7. The standard InChI is InChI=1S/C25H35NO5/c1-7-12-18(3)24(29)30-21(19-14-10-9-11-15-19)17-26-23(28)20(13-8-2)16-22(27)31-25(4,5)6/h7-11,14-15,18,20-21H,1-2,12-13,16-17H2,3-6H3,(H,26,28)/t18-,20?,21-/m1/s1. The van der Waals surface area contributed by atoms with Crippen molar-refractivity contribution < 1.29 is 23.9 Å². The number of hydrogen-bond donors (Lipinski definition) is 1. The molecule has 0 aromatic heterocycles. The van der Waals surface area contributed by atoms with Gasteiger partial charge in [-0.05, 0) is 39.2 Å². The molecule has 1 rings (SSSR count). The first kappa shape index (κ1) is 26.1. The van der Waals surface area contributed by atoms with Crippen LogP contribution in [0.1, 0.15) is 58.6 Å². The van der Waals surface area contributed by atoms with Gasteiger partial charge in [0.1, 0.15) is 11.7 Å². The first-order valence-corrected chi connectivity index (χ1v) is 10.5. The summed E-state index contributed by atoms with van der Waals surface area (Å²) in [4.78, 5) is 37.4. The molecule has 0 bridgehead atoms. The second-order valence-corrected chi connectivity index (χ2v) is 8.52. The third-order valence-electron chi connectivity index (χ3n) is 4.47. The lowest BCUT2D eigenvalue weighted by molar-refractivity contribution is -0.157. The van der Waals surface area contributed by atoms with Crippen LogP contribution in [0.25, 0.3) is 0 Å². The van der Waals surface area contributed by atoms with Gasteiger partial charge in [-0.1, -0.05) is 49.4 Å². The number of carbonyl (C=O) groups is 3. The zero-order valence-corrected chi connectivity index (χ0v) is 19.1. The number of rotatable bonds is 12. The maximum atomic E-state index is 12.8. The SMILES string of the molecule is C=CCC(CC(=O)OC(C)(C)C)C(=O)NC[C@@H](OC(=O)[C@H](C)CC=C)c1ccccc1. The summed E-state index contributed by atoms with van der Waals surface area (Å²) in [5.74, 6) is -2.07. The average Bonchev–Trinajstić information content (AvgIpc) is 2.69. The van der Waals surface area contributed by atoms with E-state index in [0.29, 0.717) is 12.8 Å². The quantitative estimate of drug-likeness (QED) is 0.390. The number of allylic oxidation sites excluding steroid dienone is 2. The Morgan fingerprint density at radius 1 is 1.06 bits per heavy atom. The van der Waals surface area contributed by atoms with Crippen LogP contribution in [0, 0.1) is 11.8 Å². The molecule has 0 spiro atoms. The molecule has 0 heterocycles. The minimum atomic E-state index is -0.643. The number of carbonyl (C=O) groups excluding carboxylic acids is 3. The molecule has 6 nitrogen and oxygen atoms in total. The van der Waals surface area contributed by atoms with E-state index in [1.165, 1.54) is 0 Å². The van der Waals surface area contributed by atoms with Crippen molar-refractivity contribution in [2.45, 2.75) is 58.7 Å². The van der Waals surface area contributed by atoms with Gasteiger partial charge in [-0.3, -0.25) is 14.4 Å². The lowest BCUT2D eigenvalue weighted by atomic mass is 9.99. The second kappa shape index (κ2) is 12.7. The lowest BCUT2D eigenvalue weighted by Crippen LogP contribution is -2.37.